The molecule has 1 aromatic heterocycles. The Bertz CT molecular complexity index is 1090. The summed E-state index contributed by atoms with van der Waals surface area (Å²) in [5.74, 6) is -0.657. The maximum absolute atomic E-state index is 12.4. The standard InChI is InChI=1S/C18H15F2N3O4/c19-17(20)27-14-8-4-2-6-12(14)21-15(24)9-10-23-13-7-3-1-5-11(13)16(25)22-18(23)26/h1-8,17H,9-10H2,(H,21,24)(H,22,25,26). The average molecular weight is 375 g/mol. The predicted molar refractivity (Wildman–Crippen MR) is 95.1 cm³/mol. The Kier molecular flexibility index (Phi) is 5.30. The average Bonchev–Trinajstić information content (AvgIpc) is 2.63. The molecule has 0 saturated carbocycles. The highest BCUT2D eigenvalue weighted by atomic mass is 19.3. The van der Waals surface area contributed by atoms with Crippen molar-refractivity contribution in [2.75, 3.05) is 5.32 Å². The normalized spacial score (nSPS) is 10.9. The zero-order chi connectivity index (χ0) is 19.4. The van der Waals surface area contributed by atoms with Crippen LogP contribution in [0.3, 0.4) is 0 Å². The van der Waals surface area contributed by atoms with Crippen LogP contribution < -0.4 is 21.3 Å². The smallest absolute Gasteiger partial charge is 0.387 e. The number of carbonyl (C=O) groups excluding carboxylic acids is 1. The minimum atomic E-state index is -3.02. The molecule has 1 heterocycles. The molecule has 0 bridgehead atoms. The Morgan fingerprint density at radius 1 is 1.11 bits per heavy atom. The number of halogens is 2. The highest BCUT2D eigenvalue weighted by Gasteiger charge is 2.13. The minimum Gasteiger partial charge on any atom is -0.433 e. The third kappa shape index (κ3) is 4.20. The third-order valence-corrected chi connectivity index (χ3v) is 3.84. The highest BCUT2D eigenvalue weighted by molar-refractivity contribution is 5.92. The second kappa shape index (κ2) is 7.81. The second-order valence-corrected chi connectivity index (χ2v) is 5.60. The summed E-state index contributed by atoms with van der Waals surface area (Å²) in [5.41, 5.74) is -0.635. The van der Waals surface area contributed by atoms with Gasteiger partial charge in [-0.15, -0.1) is 0 Å². The van der Waals surface area contributed by atoms with E-state index in [9.17, 15) is 23.2 Å². The molecule has 0 aliphatic rings. The van der Waals surface area contributed by atoms with E-state index in [-0.39, 0.29) is 24.4 Å². The Balaban J connectivity index is 1.77. The van der Waals surface area contributed by atoms with Gasteiger partial charge < -0.3 is 10.1 Å². The Morgan fingerprint density at radius 2 is 1.81 bits per heavy atom. The van der Waals surface area contributed by atoms with Gasteiger partial charge in [-0.3, -0.25) is 19.1 Å². The largest absolute Gasteiger partial charge is 0.433 e. The van der Waals surface area contributed by atoms with Crippen molar-refractivity contribution in [3.63, 3.8) is 0 Å². The van der Waals surface area contributed by atoms with Gasteiger partial charge in [0.2, 0.25) is 5.91 Å². The molecule has 3 aromatic rings. The number of benzene rings is 2. The van der Waals surface area contributed by atoms with Crippen LogP contribution in [0.25, 0.3) is 10.9 Å². The summed E-state index contributed by atoms with van der Waals surface area (Å²) in [4.78, 5) is 38.3. The fraction of sp³-hybridized carbons (Fsp3) is 0.167. The molecule has 2 N–H and O–H groups in total. The number of para-hydroxylation sites is 3. The number of nitrogens with zero attached hydrogens (tertiary/aromatic N) is 1. The van der Waals surface area contributed by atoms with Crippen molar-refractivity contribution < 1.29 is 18.3 Å². The molecule has 3 rings (SSSR count). The van der Waals surface area contributed by atoms with E-state index in [2.05, 4.69) is 15.0 Å². The first-order valence-corrected chi connectivity index (χ1v) is 8.01. The molecule has 0 spiro atoms. The van der Waals surface area contributed by atoms with Crippen LogP contribution in [-0.4, -0.2) is 22.1 Å². The minimum absolute atomic E-state index is 0.000167. The zero-order valence-electron chi connectivity index (χ0n) is 13.9. The highest BCUT2D eigenvalue weighted by Crippen LogP contribution is 2.25. The van der Waals surface area contributed by atoms with Crippen LogP contribution in [-0.2, 0) is 11.3 Å². The number of anilines is 1. The van der Waals surface area contributed by atoms with Gasteiger partial charge in [0.15, 0.2) is 0 Å². The number of aromatic amines is 1. The van der Waals surface area contributed by atoms with Crippen molar-refractivity contribution in [3.8, 4) is 5.75 Å². The molecule has 0 fully saturated rings. The lowest BCUT2D eigenvalue weighted by Crippen LogP contribution is -2.31. The lowest BCUT2D eigenvalue weighted by Gasteiger charge is -2.12. The summed E-state index contributed by atoms with van der Waals surface area (Å²) in [7, 11) is 0. The fourth-order valence-electron chi connectivity index (χ4n) is 2.66. The number of ether oxygens (including phenoxy) is 1. The van der Waals surface area contributed by atoms with Crippen LogP contribution in [0.2, 0.25) is 0 Å². The van der Waals surface area contributed by atoms with Gasteiger partial charge in [-0.1, -0.05) is 24.3 Å². The molecule has 9 heteroatoms. The van der Waals surface area contributed by atoms with Crippen molar-refractivity contribution in [3.05, 3.63) is 69.4 Å². The number of hydrogen-bond donors (Lipinski definition) is 2. The van der Waals surface area contributed by atoms with Gasteiger partial charge in [-0.2, -0.15) is 8.78 Å². The summed E-state index contributed by atoms with van der Waals surface area (Å²) in [6, 6.07) is 12.3. The van der Waals surface area contributed by atoms with E-state index >= 15 is 0 Å². The van der Waals surface area contributed by atoms with Crippen LogP contribution in [0.1, 0.15) is 6.42 Å². The third-order valence-electron chi connectivity index (χ3n) is 3.84. The number of aromatic nitrogens is 2. The predicted octanol–water partition coefficient (Wildman–Crippen LogP) is 2.32. The molecule has 0 aliphatic carbocycles. The number of alkyl halides is 2. The van der Waals surface area contributed by atoms with Crippen LogP contribution in [0.15, 0.2) is 58.1 Å². The fourth-order valence-corrected chi connectivity index (χ4v) is 2.66. The molecule has 1 amide bonds. The first-order valence-electron chi connectivity index (χ1n) is 8.01. The number of H-pyrrole nitrogens is 1. The molecule has 0 aliphatic heterocycles. The van der Waals surface area contributed by atoms with Gasteiger partial charge in [0.25, 0.3) is 5.56 Å². The van der Waals surface area contributed by atoms with Crippen molar-refractivity contribution in [1.82, 2.24) is 9.55 Å². The van der Waals surface area contributed by atoms with E-state index in [4.69, 9.17) is 0 Å². The van der Waals surface area contributed by atoms with E-state index < -0.39 is 23.8 Å². The first-order chi connectivity index (χ1) is 13.0. The van der Waals surface area contributed by atoms with E-state index in [0.717, 1.165) is 0 Å². The summed E-state index contributed by atoms with van der Waals surface area (Å²) in [6.45, 7) is -3.02. The van der Waals surface area contributed by atoms with Crippen molar-refractivity contribution >= 4 is 22.5 Å². The van der Waals surface area contributed by atoms with Crippen molar-refractivity contribution in [2.24, 2.45) is 0 Å². The SMILES string of the molecule is O=C(CCn1c(=O)[nH]c(=O)c2ccccc21)Nc1ccccc1OC(F)F. The molecule has 140 valence electrons. The summed E-state index contributed by atoms with van der Waals surface area (Å²) >= 11 is 0. The van der Waals surface area contributed by atoms with E-state index in [1.807, 2.05) is 0 Å². The van der Waals surface area contributed by atoms with Gasteiger partial charge in [-0.05, 0) is 24.3 Å². The van der Waals surface area contributed by atoms with Crippen molar-refractivity contribution in [1.29, 1.82) is 0 Å². The monoisotopic (exact) mass is 375 g/mol. The van der Waals surface area contributed by atoms with Gasteiger partial charge in [-0.25, -0.2) is 4.79 Å². The van der Waals surface area contributed by atoms with Gasteiger partial charge in [0, 0.05) is 13.0 Å². The summed E-state index contributed by atoms with van der Waals surface area (Å²) < 4.78 is 30.5. The topological polar surface area (TPSA) is 93.2 Å². The molecular formula is C18H15F2N3O4. The lowest BCUT2D eigenvalue weighted by molar-refractivity contribution is -0.116. The summed E-state index contributed by atoms with van der Waals surface area (Å²) in [6.07, 6.45) is -0.112. The molecular weight excluding hydrogens is 360 g/mol. The number of carbonyl (C=O) groups is 1. The number of fused-ring (bicyclic) bond motifs is 1. The Hall–Kier alpha value is -3.49. The van der Waals surface area contributed by atoms with Crippen LogP contribution in [0.4, 0.5) is 14.5 Å². The van der Waals surface area contributed by atoms with E-state index in [0.29, 0.717) is 10.9 Å². The second-order valence-electron chi connectivity index (χ2n) is 5.60. The van der Waals surface area contributed by atoms with Crippen LogP contribution in [0, 0.1) is 0 Å². The quantitative estimate of drug-likeness (QED) is 0.692. The Morgan fingerprint density at radius 3 is 2.59 bits per heavy atom. The molecule has 0 unspecified atom stereocenters. The molecule has 0 saturated heterocycles. The summed E-state index contributed by atoms with van der Waals surface area (Å²) in [5, 5.41) is 2.81. The number of hydrogen-bond acceptors (Lipinski definition) is 4. The van der Waals surface area contributed by atoms with Crippen LogP contribution >= 0.6 is 0 Å². The number of nitrogens with one attached hydrogen (secondary N) is 2. The maximum Gasteiger partial charge on any atom is 0.387 e. The molecule has 7 nitrogen and oxygen atoms in total. The van der Waals surface area contributed by atoms with E-state index in [1.165, 1.54) is 22.8 Å². The maximum atomic E-state index is 12.4. The van der Waals surface area contributed by atoms with Gasteiger partial charge >= 0.3 is 12.3 Å². The van der Waals surface area contributed by atoms with Gasteiger partial charge in [0.1, 0.15) is 5.75 Å². The molecule has 2 aromatic carbocycles. The van der Waals surface area contributed by atoms with E-state index in [1.54, 1.807) is 30.3 Å². The van der Waals surface area contributed by atoms with Crippen molar-refractivity contribution in [2.45, 2.75) is 19.6 Å². The lowest BCUT2D eigenvalue weighted by atomic mass is 10.2. The first kappa shape index (κ1) is 18.3. The number of rotatable bonds is 6. The van der Waals surface area contributed by atoms with Gasteiger partial charge in [0.05, 0.1) is 16.6 Å². The molecule has 0 atom stereocenters. The van der Waals surface area contributed by atoms with Crippen LogP contribution in [0.5, 0.6) is 5.75 Å². The zero-order valence-corrected chi connectivity index (χ0v) is 13.9. The Labute approximate surface area is 151 Å². The molecule has 27 heavy (non-hydrogen) atoms. The number of aryl methyl sites for hydroxylation is 1. The molecule has 0 radical (unpaired) electrons. The number of amides is 1.